The molecule has 0 saturated heterocycles. The first-order valence-electron chi connectivity index (χ1n) is 7.16. The van der Waals surface area contributed by atoms with Crippen molar-refractivity contribution in [2.45, 2.75) is 20.3 Å². The molecular weight excluding hydrogens is 266 g/mol. The quantitative estimate of drug-likeness (QED) is 0.592. The van der Waals surface area contributed by atoms with Crippen LogP contribution in [0.15, 0.2) is 30.3 Å². The van der Waals surface area contributed by atoms with E-state index < -0.39 is 0 Å². The van der Waals surface area contributed by atoms with Crippen LogP contribution in [0.4, 0.5) is 5.69 Å². The Morgan fingerprint density at radius 1 is 1.29 bits per heavy atom. The van der Waals surface area contributed by atoms with Crippen LogP contribution in [0.3, 0.4) is 0 Å². The van der Waals surface area contributed by atoms with Crippen molar-refractivity contribution in [3.63, 3.8) is 0 Å². The van der Waals surface area contributed by atoms with E-state index in [0.29, 0.717) is 31.7 Å². The number of benzene rings is 1. The average Bonchev–Trinajstić information content (AvgIpc) is 2.46. The summed E-state index contributed by atoms with van der Waals surface area (Å²) < 4.78 is 0. The Bertz CT molecular complexity index is 508. The van der Waals surface area contributed by atoms with E-state index >= 15 is 0 Å². The Labute approximate surface area is 125 Å². The summed E-state index contributed by atoms with van der Waals surface area (Å²) in [7, 11) is 0. The molecule has 21 heavy (non-hydrogen) atoms. The van der Waals surface area contributed by atoms with Crippen LogP contribution >= 0.6 is 0 Å². The number of nitrogens with zero attached hydrogens (tertiary/aromatic N) is 1. The third-order valence-electron chi connectivity index (χ3n) is 3.09. The number of rotatable bonds is 7. The van der Waals surface area contributed by atoms with Crippen LogP contribution < -0.4 is 11.1 Å². The van der Waals surface area contributed by atoms with Gasteiger partial charge in [0.15, 0.2) is 0 Å². The fraction of sp³-hybridized carbons (Fsp3) is 0.375. The van der Waals surface area contributed by atoms with Gasteiger partial charge in [-0.05, 0) is 37.6 Å². The number of carbonyl (C=O) groups excluding carboxylic acids is 2. The van der Waals surface area contributed by atoms with Gasteiger partial charge < -0.3 is 16.0 Å². The molecule has 2 amide bonds. The van der Waals surface area contributed by atoms with Gasteiger partial charge in [-0.15, -0.1) is 0 Å². The van der Waals surface area contributed by atoms with Gasteiger partial charge in [-0.25, -0.2) is 0 Å². The molecule has 0 heterocycles. The highest BCUT2D eigenvalue weighted by atomic mass is 16.2. The first kappa shape index (κ1) is 16.8. The molecular formula is C16H23N3O2. The van der Waals surface area contributed by atoms with Crippen LogP contribution in [0.1, 0.15) is 25.8 Å². The zero-order chi connectivity index (χ0) is 15.7. The number of amides is 2. The van der Waals surface area contributed by atoms with Crippen LogP contribution in [0.2, 0.25) is 0 Å². The second-order valence-corrected chi connectivity index (χ2v) is 4.61. The van der Waals surface area contributed by atoms with E-state index in [-0.39, 0.29) is 11.8 Å². The van der Waals surface area contributed by atoms with Gasteiger partial charge in [0.1, 0.15) is 0 Å². The van der Waals surface area contributed by atoms with Gasteiger partial charge in [0.2, 0.25) is 11.8 Å². The lowest BCUT2D eigenvalue weighted by atomic mass is 10.2. The maximum Gasteiger partial charge on any atom is 0.244 e. The van der Waals surface area contributed by atoms with Gasteiger partial charge in [0, 0.05) is 37.8 Å². The Kier molecular flexibility index (Phi) is 7.01. The number of anilines is 1. The van der Waals surface area contributed by atoms with E-state index in [0.717, 1.165) is 5.56 Å². The molecule has 0 aliphatic carbocycles. The number of hydrogen-bond donors (Lipinski definition) is 2. The van der Waals surface area contributed by atoms with E-state index in [1.165, 1.54) is 6.08 Å². The third kappa shape index (κ3) is 6.12. The van der Waals surface area contributed by atoms with Crippen molar-refractivity contribution in [1.82, 2.24) is 10.2 Å². The average molecular weight is 289 g/mol. The van der Waals surface area contributed by atoms with Crippen LogP contribution in [0, 0.1) is 0 Å². The zero-order valence-electron chi connectivity index (χ0n) is 12.6. The summed E-state index contributed by atoms with van der Waals surface area (Å²) in [6.07, 6.45) is 3.45. The topological polar surface area (TPSA) is 75.4 Å². The molecule has 1 rings (SSSR count). The number of nitrogen functional groups attached to an aromatic ring is 1. The summed E-state index contributed by atoms with van der Waals surface area (Å²) >= 11 is 0. The fourth-order valence-electron chi connectivity index (χ4n) is 1.92. The molecule has 0 saturated carbocycles. The summed E-state index contributed by atoms with van der Waals surface area (Å²) in [5, 5.41) is 2.70. The Morgan fingerprint density at radius 3 is 2.62 bits per heavy atom. The summed E-state index contributed by atoms with van der Waals surface area (Å²) in [4.78, 5) is 25.1. The lowest BCUT2D eigenvalue weighted by Gasteiger charge is -2.18. The molecule has 0 atom stereocenters. The van der Waals surface area contributed by atoms with Gasteiger partial charge in [0.05, 0.1) is 0 Å². The maximum atomic E-state index is 11.7. The summed E-state index contributed by atoms with van der Waals surface area (Å²) in [6, 6.07) is 7.27. The second kappa shape index (κ2) is 8.79. The number of hydrogen-bond acceptors (Lipinski definition) is 3. The summed E-state index contributed by atoms with van der Waals surface area (Å²) in [5.74, 6) is -0.162. The smallest absolute Gasteiger partial charge is 0.244 e. The molecule has 0 bridgehead atoms. The van der Waals surface area contributed by atoms with Crippen molar-refractivity contribution in [3.05, 3.63) is 35.9 Å². The van der Waals surface area contributed by atoms with Crippen LogP contribution in [0.25, 0.3) is 6.08 Å². The predicted octanol–water partition coefficient (Wildman–Crippen LogP) is 1.66. The predicted molar refractivity (Wildman–Crippen MR) is 85.4 cm³/mol. The van der Waals surface area contributed by atoms with E-state index in [1.807, 2.05) is 26.0 Å². The minimum atomic E-state index is -0.218. The van der Waals surface area contributed by atoms with E-state index in [9.17, 15) is 9.59 Å². The SMILES string of the molecule is CCN(CC)C(=O)CCNC(=O)/C=C/c1cccc(N)c1. The highest BCUT2D eigenvalue weighted by Gasteiger charge is 2.08. The molecule has 5 heteroatoms. The first-order valence-corrected chi connectivity index (χ1v) is 7.16. The Balaban J connectivity index is 2.36. The molecule has 5 nitrogen and oxygen atoms in total. The molecule has 0 aliphatic heterocycles. The van der Waals surface area contributed by atoms with Crippen molar-refractivity contribution in [3.8, 4) is 0 Å². The molecule has 0 aromatic heterocycles. The van der Waals surface area contributed by atoms with Gasteiger partial charge in [-0.1, -0.05) is 12.1 Å². The van der Waals surface area contributed by atoms with Crippen molar-refractivity contribution < 1.29 is 9.59 Å². The van der Waals surface area contributed by atoms with Gasteiger partial charge >= 0.3 is 0 Å². The molecule has 1 aromatic rings. The molecule has 0 radical (unpaired) electrons. The molecule has 114 valence electrons. The number of carbonyl (C=O) groups is 2. The minimum absolute atomic E-state index is 0.0557. The Morgan fingerprint density at radius 2 is 2.00 bits per heavy atom. The van der Waals surface area contributed by atoms with Gasteiger partial charge in [0.25, 0.3) is 0 Å². The van der Waals surface area contributed by atoms with Crippen molar-refractivity contribution in [2.75, 3.05) is 25.4 Å². The highest BCUT2D eigenvalue weighted by molar-refractivity contribution is 5.92. The maximum absolute atomic E-state index is 11.7. The fourth-order valence-corrected chi connectivity index (χ4v) is 1.92. The van der Waals surface area contributed by atoms with Gasteiger partial charge in [-0.2, -0.15) is 0 Å². The third-order valence-corrected chi connectivity index (χ3v) is 3.09. The Hall–Kier alpha value is -2.30. The number of nitrogens with one attached hydrogen (secondary N) is 1. The van der Waals surface area contributed by atoms with E-state index in [4.69, 9.17) is 5.73 Å². The molecule has 0 aliphatic rings. The van der Waals surface area contributed by atoms with E-state index in [1.54, 1.807) is 23.1 Å². The highest BCUT2D eigenvalue weighted by Crippen LogP contribution is 2.07. The second-order valence-electron chi connectivity index (χ2n) is 4.61. The van der Waals surface area contributed by atoms with Crippen molar-refractivity contribution >= 4 is 23.6 Å². The molecule has 3 N–H and O–H groups in total. The van der Waals surface area contributed by atoms with Gasteiger partial charge in [-0.3, -0.25) is 9.59 Å². The van der Waals surface area contributed by atoms with Crippen LogP contribution in [0.5, 0.6) is 0 Å². The van der Waals surface area contributed by atoms with Crippen LogP contribution in [-0.4, -0.2) is 36.3 Å². The van der Waals surface area contributed by atoms with Crippen molar-refractivity contribution in [2.24, 2.45) is 0 Å². The van der Waals surface area contributed by atoms with Crippen molar-refractivity contribution in [1.29, 1.82) is 0 Å². The minimum Gasteiger partial charge on any atom is -0.399 e. The largest absolute Gasteiger partial charge is 0.399 e. The molecule has 0 spiro atoms. The number of nitrogens with two attached hydrogens (primary N) is 1. The lowest BCUT2D eigenvalue weighted by Crippen LogP contribution is -2.33. The van der Waals surface area contributed by atoms with E-state index in [2.05, 4.69) is 5.32 Å². The molecule has 1 aromatic carbocycles. The normalized spacial score (nSPS) is 10.6. The monoisotopic (exact) mass is 289 g/mol. The standard InChI is InChI=1S/C16H23N3O2/c1-3-19(4-2)16(21)10-11-18-15(20)9-8-13-6-5-7-14(17)12-13/h5-9,12H,3-4,10-11,17H2,1-2H3,(H,18,20)/b9-8+. The lowest BCUT2D eigenvalue weighted by molar-refractivity contribution is -0.130. The molecule has 0 fully saturated rings. The summed E-state index contributed by atoms with van der Waals surface area (Å²) in [5.41, 5.74) is 7.18. The zero-order valence-corrected chi connectivity index (χ0v) is 12.6. The molecule has 0 unspecified atom stereocenters. The van der Waals surface area contributed by atoms with Crippen LogP contribution in [-0.2, 0) is 9.59 Å². The summed E-state index contributed by atoms with van der Waals surface area (Å²) in [6.45, 7) is 5.61. The first-order chi connectivity index (χ1) is 10.1.